The van der Waals surface area contributed by atoms with Crippen LogP contribution >= 0.6 is 0 Å². The molecule has 1 amide bonds. The van der Waals surface area contributed by atoms with Crippen LogP contribution in [0.2, 0.25) is 0 Å². The molecule has 0 unspecified atom stereocenters. The number of para-hydroxylation sites is 2. The summed E-state index contributed by atoms with van der Waals surface area (Å²) < 4.78 is 12.7. The molecule has 5 aromatic rings. The highest BCUT2D eigenvalue weighted by Crippen LogP contribution is 2.23. The van der Waals surface area contributed by atoms with E-state index in [2.05, 4.69) is 10.5 Å². The van der Waals surface area contributed by atoms with Gasteiger partial charge < -0.3 is 13.7 Å². The molecule has 0 spiro atoms. The fraction of sp³-hybridized carbons (Fsp3) is 0.103. The van der Waals surface area contributed by atoms with Gasteiger partial charge >= 0.3 is 5.97 Å². The Morgan fingerprint density at radius 1 is 0.946 bits per heavy atom. The summed E-state index contributed by atoms with van der Waals surface area (Å²) in [6.45, 7) is 2.03. The van der Waals surface area contributed by atoms with E-state index in [9.17, 15) is 14.4 Å². The van der Waals surface area contributed by atoms with E-state index in [0.29, 0.717) is 51.1 Å². The van der Waals surface area contributed by atoms with Crippen LogP contribution in [0.1, 0.15) is 23.0 Å². The highest BCUT2D eigenvalue weighted by molar-refractivity contribution is 5.95. The predicted molar refractivity (Wildman–Crippen MR) is 142 cm³/mol. The van der Waals surface area contributed by atoms with Crippen LogP contribution in [0.4, 0.5) is 0 Å². The van der Waals surface area contributed by atoms with Gasteiger partial charge in [0.15, 0.2) is 5.43 Å². The Morgan fingerprint density at radius 3 is 2.35 bits per heavy atom. The molecule has 8 nitrogen and oxygen atoms in total. The number of rotatable bonds is 7. The van der Waals surface area contributed by atoms with E-state index in [4.69, 9.17) is 9.15 Å². The van der Waals surface area contributed by atoms with Gasteiger partial charge in [0.05, 0.1) is 29.4 Å². The van der Waals surface area contributed by atoms with E-state index in [-0.39, 0.29) is 17.9 Å². The van der Waals surface area contributed by atoms with Crippen molar-refractivity contribution >= 4 is 39.9 Å². The fourth-order valence-electron chi connectivity index (χ4n) is 4.19. The van der Waals surface area contributed by atoms with Crippen LogP contribution in [0, 0.1) is 0 Å². The van der Waals surface area contributed by atoms with Crippen LogP contribution in [-0.4, -0.2) is 29.3 Å². The highest BCUT2D eigenvalue weighted by Gasteiger charge is 2.13. The molecule has 3 aromatic carbocycles. The van der Waals surface area contributed by atoms with Gasteiger partial charge in [-0.2, -0.15) is 5.10 Å². The number of hydrogen-bond acceptors (Lipinski definition) is 6. The number of nitrogens with zero attached hydrogens (tertiary/aromatic N) is 2. The minimum absolute atomic E-state index is 0.0251. The minimum Gasteiger partial charge on any atom is -0.462 e. The maximum Gasteiger partial charge on any atom is 0.338 e. The molecule has 5 rings (SSSR count). The molecule has 0 bridgehead atoms. The Bertz CT molecular complexity index is 1650. The summed E-state index contributed by atoms with van der Waals surface area (Å²) in [6, 6.07) is 24.8. The number of furan rings is 1. The quantitative estimate of drug-likeness (QED) is 0.153. The number of ether oxygens (including phenoxy) is 1. The largest absolute Gasteiger partial charge is 0.462 e. The number of hydrogen-bond donors (Lipinski definition) is 1. The van der Waals surface area contributed by atoms with Gasteiger partial charge in [0.1, 0.15) is 18.1 Å². The smallest absolute Gasteiger partial charge is 0.338 e. The summed E-state index contributed by atoms with van der Waals surface area (Å²) in [5.74, 6) is 0.217. The van der Waals surface area contributed by atoms with Crippen molar-refractivity contribution in [3.63, 3.8) is 0 Å². The molecule has 0 aliphatic rings. The number of esters is 1. The average Bonchev–Trinajstić information content (AvgIpc) is 3.40. The van der Waals surface area contributed by atoms with Crippen LogP contribution in [0.5, 0.6) is 0 Å². The Morgan fingerprint density at radius 2 is 1.65 bits per heavy atom. The topological polar surface area (TPSA) is 103 Å². The number of pyridine rings is 1. The first-order chi connectivity index (χ1) is 18.0. The fourth-order valence-corrected chi connectivity index (χ4v) is 4.19. The summed E-state index contributed by atoms with van der Waals surface area (Å²) in [5.41, 5.74) is 4.94. The SMILES string of the molecule is CCOC(=O)c1cccc(-c2ccc(/C=N/NC(=O)Cn3c4ccccc4c(=O)c4ccccc43)o2)c1. The third-order valence-corrected chi connectivity index (χ3v) is 5.85. The summed E-state index contributed by atoms with van der Waals surface area (Å²) >= 11 is 0. The van der Waals surface area contributed by atoms with Gasteiger partial charge in [-0.25, -0.2) is 10.2 Å². The zero-order valence-corrected chi connectivity index (χ0v) is 20.0. The second kappa shape index (κ2) is 10.3. The number of benzene rings is 3. The molecule has 0 saturated carbocycles. The van der Waals surface area contributed by atoms with Gasteiger partial charge in [0.25, 0.3) is 5.91 Å². The lowest BCUT2D eigenvalue weighted by molar-refractivity contribution is -0.121. The standard InChI is InChI=1S/C29H23N3O5/c1-2-36-29(35)20-9-7-8-19(16-20)26-15-14-21(37-26)17-30-31-27(33)18-32-24-12-5-3-10-22(24)28(34)23-11-4-6-13-25(23)32/h3-17H,2,18H2,1H3,(H,31,33)/b30-17+. The van der Waals surface area contributed by atoms with Crippen molar-refractivity contribution in [2.45, 2.75) is 13.5 Å². The minimum atomic E-state index is -0.399. The summed E-state index contributed by atoms with van der Waals surface area (Å²) in [6.07, 6.45) is 1.40. The van der Waals surface area contributed by atoms with Crippen LogP contribution in [0.3, 0.4) is 0 Å². The zero-order valence-electron chi connectivity index (χ0n) is 20.0. The molecular weight excluding hydrogens is 470 g/mol. The highest BCUT2D eigenvalue weighted by atomic mass is 16.5. The Kier molecular flexibility index (Phi) is 6.63. The molecule has 0 radical (unpaired) electrons. The van der Waals surface area contributed by atoms with E-state index < -0.39 is 5.97 Å². The lowest BCUT2D eigenvalue weighted by Crippen LogP contribution is -2.25. The molecular formula is C29H23N3O5. The molecule has 2 heterocycles. The van der Waals surface area contributed by atoms with Crippen LogP contribution < -0.4 is 10.9 Å². The third kappa shape index (κ3) is 4.90. The molecule has 0 aliphatic heterocycles. The Balaban J connectivity index is 1.32. The molecule has 2 aromatic heterocycles. The first-order valence-corrected chi connectivity index (χ1v) is 11.7. The zero-order chi connectivity index (χ0) is 25.8. The van der Waals surface area contributed by atoms with Gasteiger partial charge in [-0.15, -0.1) is 0 Å². The number of carbonyl (C=O) groups excluding carboxylic acids is 2. The average molecular weight is 494 g/mol. The van der Waals surface area contributed by atoms with Crippen molar-refractivity contribution < 1.29 is 18.7 Å². The van der Waals surface area contributed by atoms with Crippen LogP contribution in [0.25, 0.3) is 33.1 Å². The summed E-state index contributed by atoms with van der Waals surface area (Å²) in [5, 5.41) is 5.12. The van der Waals surface area contributed by atoms with Crippen molar-refractivity contribution in [2.24, 2.45) is 5.10 Å². The maximum atomic E-state index is 12.9. The Hall–Kier alpha value is -4.98. The monoisotopic (exact) mass is 493 g/mol. The predicted octanol–water partition coefficient (Wildman–Crippen LogP) is 4.74. The van der Waals surface area contributed by atoms with Gasteiger partial charge in [-0.1, -0.05) is 36.4 Å². The number of aromatic nitrogens is 1. The molecule has 37 heavy (non-hydrogen) atoms. The summed E-state index contributed by atoms with van der Waals surface area (Å²) in [4.78, 5) is 37.6. The van der Waals surface area contributed by atoms with E-state index in [1.54, 1.807) is 66.1 Å². The van der Waals surface area contributed by atoms with Crippen LogP contribution in [0.15, 0.2) is 99.2 Å². The second-order valence-electron chi connectivity index (χ2n) is 8.25. The second-order valence-corrected chi connectivity index (χ2v) is 8.25. The van der Waals surface area contributed by atoms with Crippen molar-refractivity contribution in [3.8, 4) is 11.3 Å². The van der Waals surface area contributed by atoms with Crippen LogP contribution in [-0.2, 0) is 16.1 Å². The molecule has 0 fully saturated rings. The lowest BCUT2D eigenvalue weighted by Gasteiger charge is -2.14. The van der Waals surface area contributed by atoms with Gasteiger partial charge in [0.2, 0.25) is 0 Å². The maximum absolute atomic E-state index is 12.9. The lowest BCUT2D eigenvalue weighted by atomic mass is 10.1. The molecule has 0 saturated heterocycles. The normalized spacial score (nSPS) is 11.3. The van der Waals surface area contributed by atoms with Crippen molar-refractivity contribution in [1.82, 2.24) is 9.99 Å². The molecule has 0 atom stereocenters. The summed E-state index contributed by atoms with van der Waals surface area (Å²) in [7, 11) is 0. The number of hydrazone groups is 1. The van der Waals surface area contributed by atoms with Crippen molar-refractivity contribution in [1.29, 1.82) is 0 Å². The van der Waals surface area contributed by atoms with Gasteiger partial charge in [-0.05, 0) is 55.5 Å². The van der Waals surface area contributed by atoms with E-state index >= 15 is 0 Å². The van der Waals surface area contributed by atoms with E-state index in [0.717, 1.165) is 0 Å². The molecule has 0 aliphatic carbocycles. The van der Waals surface area contributed by atoms with Crippen molar-refractivity contribution in [2.75, 3.05) is 6.61 Å². The molecule has 1 N–H and O–H groups in total. The molecule has 8 heteroatoms. The first kappa shape index (κ1) is 23.7. The van der Waals surface area contributed by atoms with Gasteiger partial charge in [-0.3, -0.25) is 9.59 Å². The third-order valence-electron chi connectivity index (χ3n) is 5.85. The van der Waals surface area contributed by atoms with Crippen molar-refractivity contribution in [3.05, 3.63) is 106 Å². The number of carbonyl (C=O) groups is 2. The Labute approximate surface area is 211 Å². The number of amides is 1. The first-order valence-electron chi connectivity index (χ1n) is 11.7. The molecule has 184 valence electrons. The van der Waals surface area contributed by atoms with E-state index in [1.807, 2.05) is 30.3 Å². The van der Waals surface area contributed by atoms with E-state index in [1.165, 1.54) is 6.21 Å². The van der Waals surface area contributed by atoms with Gasteiger partial charge in [0, 0.05) is 16.3 Å². The number of nitrogens with one attached hydrogen (secondary N) is 1. The number of fused-ring (bicyclic) bond motifs is 2.